The average molecular weight is 277 g/mol. The van der Waals surface area contributed by atoms with Gasteiger partial charge in [-0.3, -0.25) is 0 Å². The largest absolute Gasteiger partial charge is 0.382 e. The highest BCUT2D eigenvalue weighted by atomic mass is 35.5. The van der Waals surface area contributed by atoms with Crippen molar-refractivity contribution in [1.29, 1.82) is 0 Å². The lowest BCUT2D eigenvalue weighted by molar-refractivity contribution is 0.795. The summed E-state index contributed by atoms with van der Waals surface area (Å²) in [6.45, 7) is 2.19. The van der Waals surface area contributed by atoms with E-state index in [1.165, 1.54) is 24.7 Å². The van der Waals surface area contributed by atoms with Gasteiger partial charge in [-0.2, -0.15) is 0 Å². The van der Waals surface area contributed by atoms with Crippen molar-refractivity contribution in [3.05, 3.63) is 41.2 Å². The average Bonchev–Trinajstić information content (AvgIpc) is 2.43. The van der Waals surface area contributed by atoms with Crippen molar-refractivity contribution in [1.82, 2.24) is 9.97 Å². The lowest BCUT2D eigenvalue weighted by Crippen LogP contribution is -1.99. The van der Waals surface area contributed by atoms with Gasteiger partial charge >= 0.3 is 0 Å². The summed E-state index contributed by atoms with van der Waals surface area (Å²) >= 11 is 6.03. The Morgan fingerprint density at radius 3 is 2.63 bits per heavy atom. The molecule has 0 saturated heterocycles. The van der Waals surface area contributed by atoms with Crippen LogP contribution in [0.25, 0.3) is 0 Å². The van der Waals surface area contributed by atoms with Crippen LogP contribution in [0.2, 0.25) is 5.02 Å². The molecule has 1 heterocycles. The first-order valence-electron chi connectivity index (χ1n) is 6.32. The van der Waals surface area contributed by atoms with E-state index in [2.05, 4.69) is 34.3 Å². The molecule has 0 amide bonds. The maximum Gasteiger partial charge on any atom is 0.154 e. The maximum atomic E-state index is 6.03. The van der Waals surface area contributed by atoms with Gasteiger partial charge in [0, 0.05) is 5.69 Å². The van der Waals surface area contributed by atoms with E-state index in [9.17, 15) is 0 Å². The fourth-order valence-electron chi connectivity index (χ4n) is 1.74. The summed E-state index contributed by atoms with van der Waals surface area (Å²) < 4.78 is 0. The number of hydrogen-bond acceptors (Lipinski definition) is 4. The number of unbranched alkanes of at least 4 members (excludes halogenated alkanes) is 1. The van der Waals surface area contributed by atoms with Crippen molar-refractivity contribution in [3.8, 4) is 0 Å². The Kier molecular flexibility index (Phi) is 4.58. The molecule has 5 heteroatoms. The van der Waals surface area contributed by atoms with Crippen LogP contribution in [-0.2, 0) is 6.42 Å². The van der Waals surface area contributed by atoms with Crippen LogP contribution < -0.4 is 11.1 Å². The molecule has 0 aliphatic heterocycles. The molecule has 0 aliphatic rings. The molecule has 0 saturated carbocycles. The van der Waals surface area contributed by atoms with Gasteiger partial charge in [-0.05, 0) is 30.5 Å². The van der Waals surface area contributed by atoms with Gasteiger partial charge in [0.25, 0.3) is 0 Å². The molecule has 3 N–H and O–H groups in total. The molecule has 0 spiro atoms. The highest BCUT2D eigenvalue weighted by molar-refractivity contribution is 6.35. The van der Waals surface area contributed by atoms with E-state index in [0.717, 1.165) is 12.1 Å². The number of halogens is 1. The zero-order valence-corrected chi connectivity index (χ0v) is 11.6. The topological polar surface area (TPSA) is 63.8 Å². The Bertz CT molecular complexity index is 540. The van der Waals surface area contributed by atoms with Gasteiger partial charge in [-0.1, -0.05) is 37.1 Å². The van der Waals surface area contributed by atoms with Crippen LogP contribution in [0.4, 0.5) is 17.3 Å². The highest BCUT2D eigenvalue weighted by Crippen LogP contribution is 2.26. The number of nitrogens with two attached hydrogens (primary N) is 1. The maximum absolute atomic E-state index is 6.03. The molecule has 100 valence electrons. The summed E-state index contributed by atoms with van der Waals surface area (Å²) in [7, 11) is 0. The molecule has 1 aromatic heterocycles. The normalized spacial score (nSPS) is 10.4. The van der Waals surface area contributed by atoms with Gasteiger partial charge in [0.05, 0.1) is 0 Å². The summed E-state index contributed by atoms with van der Waals surface area (Å²) in [5.74, 6) is 0.800. The first-order chi connectivity index (χ1) is 9.20. The minimum atomic E-state index is 0.277. The quantitative estimate of drug-likeness (QED) is 0.872. The van der Waals surface area contributed by atoms with Crippen molar-refractivity contribution in [2.24, 2.45) is 0 Å². The SMILES string of the molecule is CCCCc1ccc(Nc2ncnc(N)c2Cl)cc1. The number of aromatic nitrogens is 2. The third-order valence-corrected chi connectivity index (χ3v) is 3.22. The number of nitrogens with zero attached hydrogens (tertiary/aromatic N) is 2. The van der Waals surface area contributed by atoms with Crippen molar-refractivity contribution in [2.75, 3.05) is 11.1 Å². The molecule has 0 bridgehead atoms. The van der Waals surface area contributed by atoms with Gasteiger partial charge in [0.15, 0.2) is 5.82 Å². The molecule has 2 rings (SSSR count). The van der Waals surface area contributed by atoms with Crippen LogP contribution in [0, 0.1) is 0 Å². The van der Waals surface area contributed by atoms with E-state index in [1.807, 2.05) is 12.1 Å². The number of nitrogens with one attached hydrogen (secondary N) is 1. The third-order valence-electron chi connectivity index (χ3n) is 2.85. The van der Waals surface area contributed by atoms with E-state index in [0.29, 0.717) is 10.8 Å². The van der Waals surface area contributed by atoms with Gasteiger partial charge in [0.1, 0.15) is 17.2 Å². The lowest BCUT2D eigenvalue weighted by Gasteiger charge is -2.08. The lowest BCUT2D eigenvalue weighted by atomic mass is 10.1. The Hall–Kier alpha value is -1.81. The Labute approximate surface area is 118 Å². The van der Waals surface area contributed by atoms with Crippen LogP contribution in [0.3, 0.4) is 0 Å². The van der Waals surface area contributed by atoms with Crippen molar-refractivity contribution in [2.45, 2.75) is 26.2 Å². The molecule has 19 heavy (non-hydrogen) atoms. The number of aryl methyl sites for hydroxylation is 1. The van der Waals surface area contributed by atoms with E-state index in [-0.39, 0.29) is 5.82 Å². The molecule has 2 aromatic rings. The molecule has 0 atom stereocenters. The second kappa shape index (κ2) is 6.38. The Morgan fingerprint density at radius 2 is 1.95 bits per heavy atom. The van der Waals surface area contributed by atoms with Crippen LogP contribution in [0.1, 0.15) is 25.3 Å². The Morgan fingerprint density at radius 1 is 1.21 bits per heavy atom. The van der Waals surface area contributed by atoms with E-state index in [4.69, 9.17) is 17.3 Å². The van der Waals surface area contributed by atoms with Crippen LogP contribution in [-0.4, -0.2) is 9.97 Å². The number of benzene rings is 1. The third kappa shape index (κ3) is 3.58. The summed E-state index contributed by atoms with van der Waals surface area (Å²) in [6, 6.07) is 8.24. The predicted molar refractivity (Wildman–Crippen MR) is 79.8 cm³/mol. The fraction of sp³-hybridized carbons (Fsp3) is 0.286. The van der Waals surface area contributed by atoms with E-state index < -0.39 is 0 Å². The summed E-state index contributed by atoms with van der Waals surface area (Å²) in [5, 5.41) is 3.48. The molecule has 0 unspecified atom stereocenters. The van der Waals surface area contributed by atoms with E-state index >= 15 is 0 Å². The fourth-order valence-corrected chi connectivity index (χ4v) is 1.89. The van der Waals surface area contributed by atoms with Crippen LogP contribution in [0.15, 0.2) is 30.6 Å². The minimum absolute atomic E-state index is 0.277. The second-order valence-electron chi connectivity index (χ2n) is 4.35. The van der Waals surface area contributed by atoms with Gasteiger partial charge in [-0.25, -0.2) is 9.97 Å². The number of hydrogen-bond donors (Lipinski definition) is 2. The molecule has 0 aliphatic carbocycles. The zero-order chi connectivity index (χ0) is 13.7. The zero-order valence-electron chi connectivity index (χ0n) is 10.9. The molecular weight excluding hydrogens is 260 g/mol. The predicted octanol–water partition coefficient (Wildman–Crippen LogP) is 3.80. The number of rotatable bonds is 5. The smallest absolute Gasteiger partial charge is 0.154 e. The number of anilines is 3. The molecule has 0 radical (unpaired) electrons. The minimum Gasteiger partial charge on any atom is -0.382 e. The molecule has 4 nitrogen and oxygen atoms in total. The standard InChI is InChI=1S/C14H17ClN4/c1-2-3-4-10-5-7-11(8-6-10)19-14-12(15)13(16)17-9-18-14/h5-9H,2-4H2,1H3,(H3,16,17,18,19). The van der Waals surface area contributed by atoms with Crippen molar-refractivity contribution >= 4 is 28.9 Å². The first-order valence-corrected chi connectivity index (χ1v) is 6.70. The van der Waals surface area contributed by atoms with Gasteiger partial charge < -0.3 is 11.1 Å². The van der Waals surface area contributed by atoms with E-state index in [1.54, 1.807) is 0 Å². The van der Waals surface area contributed by atoms with Gasteiger partial charge in [0.2, 0.25) is 0 Å². The highest BCUT2D eigenvalue weighted by Gasteiger charge is 2.06. The summed E-state index contributed by atoms with van der Waals surface area (Å²) in [4.78, 5) is 7.90. The van der Waals surface area contributed by atoms with Crippen LogP contribution in [0.5, 0.6) is 0 Å². The van der Waals surface area contributed by atoms with Crippen LogP contribution >= 0.6 is 11.6 Å². The first kappa shape index (κ1) is 13.6. The number of nitrogen functional groups attached to an aromatic ring is 1. The summed E-state index contributed by atoms with van der Waals surface area (Å²) in [5.41, 5.74) is 7.89. The monoisotopic (exact) mass is 276 g/mol. The van der Waals surface area contributed by atoms with Crippen molar-refractivity contribution in [3.63, 3.8) is 0 Å². The molecular formula is C14H17ClN4. The molecule has 1 aromatic carbocycles. The Balaban J connectivity index is 2.09. The van der Waals surface area contributed by atoms with Gasteiger partial charge in [-0.15, -0.1) is 0 Å². The van der Waals surface area contributed by atoms with Crippen molar-refractivity contribution < 1.29 is 0 Å². The second-order valence-corrected chi connectivity index (χ2v) is 4.72. The summed E-state index contributed by atoms with van der Waals surface area (Å²) in [6.07, 6.45) is 4.91. The molecule has 0 fully saturated rings.